The molecule has 1 unspecified atom stereocenters. The van der Waals surface area contributed by atoms with Gasteiger partial charge in [0.25, 0.3) is 0 Å². The Morgan fingerprint density at radius 1 is 0.362 bits per heavy atom. The molecule has 3 nitrogen and oxygen atoms in total. The second-order valence-corrected chi connectivity index (χ2v) is 36.4. The molecule has 3 aromatic carbocycles. The molecule has 0 bridgehead atoms. The fraction of sp³-hybridized carbons (Fsp3) is 0.714. The molecule has 4 rings (SSSR count). The van der Waals surface area contributed by atoms with E-state index in [4.69, 9.17) is 0 Å². The average molecular weight is 1000 g/mol. The lowest BCUT2D eigenvalue weighted by atomic mass is 9.70. The van der Waals surface area contributed by atoms with E-state index in [0.29, 0.717) is 17.2 Å². The van der Waals surface area contributed by atoms with Crippen LogP contribution >= 0.6 is 35.3 Å². The summed E-state index contributed by atoms with van der Waals surface area (Å²) in [5.74, 6) is 1.30. The molecule has 3 N–H and O–H groups in total. The monoisotopic (exact) mass is 1000 g/mol. The van der Waals surface area contributed by atoms with Crippen molar-refractivity contribution in [3.8, 4) is 17.2 Å². The first-order valence-corrected chi connectivity index (χ1v) is 28.6. The highest BCUT2D eigenvalue weighted by atomic mass is 32.2. The first kappa shape index (κ1) is 59.7. The Morgan fingerprint density at radius 2 is 0.609 bits per heavy atom. The molecule has 1 aliphatic rings. The Balaban J connectivity index is 2.12. The van der Waals surface area contributed by atoms with Gasteiger partial charge in [-0.2, -0.15) is 0 Å². The van der Waals surface area contributed by atoms with Gasteiger partial charge < -0.3 is 15.3 Å². The number of thioether (sulfide) groups is 3. The molecular formula is C63H102O3S3. The third-order valence-electron chi connectivity index (χ3n) is 14.0. The molecule has 0 radical (unpaired) electrons. The highest BCUT2D eigenvalue weighted by Gasteiger charge is 2.52. The van der Waals surface area contributed by atoms with Crippen LogP contribution in [0.25, 0.3) is 0 Å². The molecule has 69 heavy (non-hydrogen) atoms. The maximum atomic E-state index is 12.3. The molecule has 1 saturated carbocycles. The van der Waals surface area contributed by atoms with Crippen molar-refractivity contribution < 1.29 is 15.3 Å². The molecule has 0 heterocycles. The van der Waals surface area contributed by atoms with Crippen LogP contribution in [0.2, 0.25) is 0 Å². The van der Waals surface area contributed by atoms with Crippen molar-refractivity contribution in [3.63, 3.8) is 0 Å². The molecule has 0 aromatic heterocycles. The zero-order valence-corrected chi connectivity index (χ0v) is 51.7. The minimum atomic E-state index is -0.350. The molecule has 0 aliphatic heterocycles. The third kappa shape index (κ3) is 15.3. The highest BCUT2D eigenvalue weighted by molar-refractivity contribution is 8.18. The predicted molar refractivity (Wildman–Crippen MR) is 308 cm³/mol. The maximum Gasteiger partial charge on any atom is 0.123 e. The van der Waals surface area contributed by atoms with Crippen LogP contribution in [0.4, 0.5) is 0 Å². The maximum absolute atomic E-state index is 12.3. The minimum absolute atomic E-state index is 0.0473. The average Bonchev–Trinajstić information content (AvgIpc) is 3.04. The van der Waals surface area contributed by atoms with Crippen LogP contribution in [0.15, 0.2) is 51.1 Å². The second-order valence-electron chi connectivity index (χ2n) is 31.6. The van der Waals surface area contributed by atoms with E-state index < -0.39 is 0 Å². The van der Waals surface area contributed by atoms with Crippen molar-refractivity contribution in [2.24, 2.45) is 21.7 Å². The number of phenolic OH excluding ortho intramolecular Hbond substituents is 3. The normalized spacial score (nSPS) is 19.0. The molecule has 0 amide bonds. The Bertz CT molecular complexity index is 2220. The van der Waals surface area contributed by atoms with E-state index in [9.17, 15) is 15.3 Å². The van der Waals surface area contributed by atoms with Crippen LogP contribution in [-0.4, -0.2) is 24.1 Å². The van der Waals surface area contributed by atoms with Gasteiger partial charge in [0.2, 0.25) is 0 Å². The molecular weight excluding hydrogens is 901 g/mol. The van der Waals surface area contributed by atoms with Crippen LogP contribution in [0, 0.1) is 21.7 Å². The number of phenols is 3. The molecule has 1 atom stereocenters. The van der Waals surface area contributed by atoms with E-state index >= 15 is 0 Å². The van der Waals surface area contributed by atoms with E-state index in [1.54, 1.807) is 0 Å². The molecule has 1 fully saturated rings. The second kappa shape index (κ2) is 19.1. The molecule has 390 valence electrons. The number of benzene rings is 3. The quantitative estimate of drug-likeness (QED) is 0.157. The zero-order valence-electron chi connectivity index (χ0n) is 49.3. The molecule has 6 heteroatoms. The Morgan fingerprint density at radius 3 is 0.855 bits per heavy atom. The van der Waals surface area contributed by atoms with E-state index in [1.807, 2.05) is 35.3 Å². The van der Waals surface area contributed by atoms with E-state index in [2.05, 4.69) is 223 Å². The van der Waals surface area contributed by atoms with E-state index in [0.717, 1.165) is 71.9 Å². The molecule has 0 spiro atoms. The summed E-state index contributed by atoms with van der Waals surface area (Å²) in [6.07, 6.45) is 5.72. The van der Waals surface area contributed by atoms with Gasteiger partial charge >= 0.3 is 0 Å². The van der Waals surface area contributed by atoms with Crippen molar-refractivity contribution in [1.29, 1.82) is 0 Å². The Kier molecular flexibility index (Phi) is 16.5. The lowest BCUT2D eigenvalue weighted by molar-refractivity contribution is 0.206. The van der Waals surface area contributed by atoms with Crippen molar-refractivity contribution in [2.45, 2.75) is 281 Å². The molecule has 1 aliphatic carbocycles. The third-order valence-corrected chi connectivity index (χ3v) is 18.0. The molecule has 0 saturated heterocycles. The largest absolute Gasteiger partial charge is 0.507 e. The van der Waals surface area contributed by atoms with Gasteiger partial charge in [-0.15, -0.1) is 35.3 Å². The van der Waals surface area contributed by atoms with Crippen LogP contribution in [-0.2, 0) is 32.5 Å². The summed E-state index contributed by atoms with van der Waals surface area (Å²) in [5, 5.41) is 36.8. The highest BCUT2D eigenvalue weighted by Crippen LogP contribution is 2.65. The topological polar surface area (TPSA) is 60.7 Å². The van der Waals surface area contributed by atoms with Crippen molar-refractivity contribution in [3.05, 3.63) is 69.8 Å². The van der Waals surface area contributed by atoms with Crippen LogP contribution in [0.5, 0.6) is 17.2 Å². The van der Waals surface area contributed by atoms with E-state index in [-0.39, 0.29) is 63.0 Å². The van der Waals surface area contributed by atoms with Crippen molar-refractivity contribution in [2.75, 3.05) is 0 Å². The minimum Gasteiger partial charge on any atom is -0.507 e. The predicted octanol–water partition coefficient (Wildman–Crippen LogP) is 20.2. The summed E-state index contributed by atoms with van der Waals surface area (Å²) in [5.41, 5.74) is 4.64. The van der Waals surface area contributed by atoms with Gasteiger partial charge in [-0.05, 0) is 136 Å². The first-order chi connectivity index (χ1) is 30.4. The number of hydrogen-bond acceptors (Lipinski definition) is 6. The fourth-order valence-corrected chi connectivity index (χ4v) is 18.9. The van der Waals surface area contributed by atoms with Gasteiger partial charge in [0.05, 0.1) is 4.08 Å². The van der Waals surface area contributed by atoms with Crippen LogP contribution < -0.4 is 0 Å². The van der Waals surface area contributed by atoms with Crippen LogP contribution in [0.3, 0.4) is 0 Å². The van der Waals surface area contributed by atoms with E-state index in [1.165, 1.54) is 14.7 Å². The van der Waals surface area contributed by atoms with Gasteiger partial charge in [0.1, 0.15) is 17.2 Å². The lowest BCUT2D eigenvalue weighted by Gasteiger charge is -2.52. The van der Waals surface area contributed by atoms with Crippen molar-refractivity contribution in [1.82, 2.24) is 0 Å². The summed E-state index contributed by atoms with van der Waals surface area (Å²) in [6.45, 7) is 62.0. The fourth-order valence-electron chi connectivity index (χ4n) is 13.0. The van der Waals surface area contributed by atoms with Gasteiger partial charge in [-0.1, -0.05) is 180 Å². The Labute approximate surface area is 438 Å². The summed E-state index contributed by atoms with van der Waals surface area (Å²) < 4.78 is -0.549. The summed E-state index contributed by atoms with van der Waals surface area (Å²) >= 11 is 6.03. The zero-order chi connectivity index (χ0) is 53.5. The summed E-state index contributed by atoms with van der Waals surface area (Å²) in [6, 6.07) is 13.9. The smallest absolute Gasteiger partial charge is 0.123 e. The number of hydrogen-bond donors (Lipinski definition) is 3. The van der Waals surface area contributed by atoms with Gasteiger partial charge in [-0.25, -0.2) is 0 Å². The Hall–Kier alpha value is -1.89. The summed E-state index contributed by atoms with van der Waals surface area (Å²) in [7, 11) is 0. The molecule has 3 aromatic rings. The van der Waals surface area contributed by atoms with Gasteiger partial charge in [0, 0.05) is 52.8 Å². The van der Waals surface area contributed by atoms with Crippen LogP contribution in [0.1, 0.15) is 259 Å². The number of aromatic hydroxyl groups is 3. The lowest BCUT2D eigenvalue weighted by Crippen LogP contribution is -2.45. The standard InChI is InChI=1S/C63H102O3S3/c1-52(2,3)34-59(21,22)46-31-40(28-43(49(46)64)55(10,11)12)67-62(27)37-58(19,20)38-63(39-62,68-41-29-44(56(13,14)15)50(65)47(32-41)60(23,24)35-53(4,5)6)69-42-30-45(57(16,17)18)51(66)48(33-42)61(25,26)36-54(7,8)9/h28-33,64-66H,34-39H2,1-27H3. The SMILES string of the molecule is CC(C)(C)CC(C)(C)c1cc(SC2(C)CC(C)(C)CC(Sc3cc(C(C)(C)C)c(O)c(C(C)(C)CC(C)(C)C)c3)(Sc3cc(C(C)(C)C)c(O)c(C(C)(C)CC(C)(C)C)c3)C2)cc(C(C)(C)C)c1O. The van der Waals surface area contributed by atoms with Gasteiger partial charge in [-0.3, -0.25) is 0 Å². The van der Waals surface area contributed by atoms with Gasteiger partial charge in [0.15, 0.2) is 0 Å². The number of rotatable bonds is 12. The first-order valence-electron chi connectivity index (χ1n) is 26.1. The summed E-state index contributed by atoms with van der Waals surface area (Å²) in [4.78, 5) is 3.61. The van der Waals surface area contributed by atoms with Crippen molar-refractivity contribution >= 4 is 35.3 Å².